The molecule has 112 valence electrons. The molecule has 0 aliphatic carbocycles. The molecule has 2 N–H and O–H groups in total. The fourth-order valence-corrected chi connectivity index (χ4v) is 4.67. The van der Waals surface area contributed by atoms with Gasteiger partial charge in [0, 0.05) is 23.7 Å². The van der Waals surface area contributed by atoms with Crippen molar-refractivity contribution in [1.82, 2.24) is 4.90 Å². The Hall–Kier alpha value is -0.690. The van der Waals surface area contributed by atoms with Gasteiger partial charge in [-0.25, -0.2) is 12.8 Å². The molecule has 1 aromatic carbocycles. The quantitative estimate of drug-likeness (QED) is 0.915. The van der Waals surface area contributed by atoms with Crippen LogP contribution in [0.4, 0.5) is 4.39 Å². The lowest BCUT2D eigenvalue weighted by Gasteiger charge is -2.32. The number of sulfone groups is 1. The molecule has 1 aromatic rings. The molecule has 4 nitrogen and oxygen atoms in total. The normalized spacial score (nSPS) is 23.1. The summed E-state index contributed by atoms with van der Waals surface area (Å²) >= 11 is 5.87. The van der Waals surface area contributed by atoms with Crippen LogP contribution in [0.25, 0.3) is 0 Å². The highest BCUT2D eigenvalue weighted by Crippen LogP contribution is 2.28. The molecule has 0 saturated carbocycles. The van der Waals surface area contributed by atoms with Gasteiger partial charge in [-0.2, -0.15) is 0 Å². The number of hydrogen-bond acceptors (Lipinski definition) is 4. The molecular weight excluding hydrogens is 303 g/mol. The van der Waals surface area contributed by atoms with E-state index in [2.05, 4.69) is 0 Å². The van der Waals surface area contributed by atoms with Gasteiger partial charge in [-0.15, -0.1) is 0 Å². The first kappa shape index (κ1) is 15.7. The van der Waals surface area contributed by atoms with Crippen LogP contribution in [-0.4, -0.2) is 44.5 Å². The zero-order valence-electron chi connectivity index (χ0n) is 11.2. The molecule has 1 aliphatic heterocycles. The van der Waals surface area contributed by atoms with Crippen LogP contribution in [0.2, 0.25) is 5.02 Å². The molecule has 0 spiro atoms. The monoisotopic (exact) mass is 320 g/mol. The Balaban J connectivity index is 2.23. The average molecular weight is 321 g/mol. The highest BCUT2D eigenvalue weighted by molar-refractivity contribution is 7.91. The van der Waals surface area contributed by atoms with Crippen molar-refractivity contribution in [2.24, 2.45) is 5.73 Å². The molecule has 2 rings (SSSR count). The van der Waals surface area contributed by atoms with Crippen molar-refractivity contribution < 1.29 is 12.8 Å². The van der Waals surface area contributed by atoms with E-state index in [0.29, 0.717) is 17.0 Å². The van der Waals surface area contributed by atoms with E-state index in [0.717, 1.165) is 0 Å². The zero-order valence-corrected chi connectivity index (χ0v) is 12.8. The number of nitrogens with zero attached hydrogens (tertiary/aromatic N) is 1. The number of rotatable bonds is 4. The summed E-state index contributed by atoms with van der Waals surface area (Å²) in [6.07, 6.45) is 0.582. The van der Waals surface area contributed by atoms with Gasteiger partial charge in [0.15, 0.2) is 9.84 Å². The first-order valence-electron chi connectivity index (χ1n) is 6.41. The maximum Gasteiger partial charge on any atom is 0.151 e. The molecule has 0 aromatic heterocycles. The van der Waals surface area contributed by atoms with Gasteiger partial charge in [-0.05, 0) is 37.2 Å². The predicted molar refractivity (Wildman–Crippen MR) is 78.0 cm³/mol. The van der Waals surface area contributed by atoms with Crippen LogP contribution in [0, 0.1) is 5.82 Å². The third-order valence-corrected chi connectivity index (χ3v) is 5.74. The second kappa shape index (κ2) is 5.97. The summed E-state index contributed by atoms with van der Waals surface area (Å²) in [5, 5.41) is 0.311. The summed E-state index contributed by atoms with van der Waals surface area (Å²) in [6, 6.07) is 3.96. The second-order valence-electron chi connectivity index (χ2n) is 5.18. The summed E-state index contributed by atoms with van der Waals surface area (Å²) in [4.78, 5) is 1.91. The van der Waals surface area contributed by atoms with E-state index in [9.17, 15) is 12.8 Å². The van der Waals surface area contributed by atoms with Crippen molar-refractivity contribution in [2.75, 3.05) is 25.1 Å². The Morgan fingerprint density at radius 1 is 1.50 bits per heavy atom. The fraction of sp³-hybridized carbons (Fsp3) is 0.538. The summed E-state index contributed by atoms with van der Waals surface area (Å²) in [7, 11) is -1.14. The highest BCUT2D eigenvalue weighted by atomic mass is 35.5. The largest absolute Gasteiger partial charge is 0.329 e. The van der Waals surface area contributed by atoms with Gasteiger partial charge in [-0.1, -0.05) is 11.6 Å². The third-order valence-electron chi connectivity index (χ3n) is 3.77. The van der Waals surface area contributed by atoms with Gasteiger partial charge in [0.25, 0.3) is 0 Å². The van der Waals surface area contributed by atoms with Gasteiger partial charge in [0.1, 0.15) is 5.82 Å². The van der Waals surface area contributed by atoms with E-state index >= 15 is 0 Å². The van der Waals surface area contributed by atoms with Crippen LogP contribution in [-0.2, 0) is 9.84 Å². The Labute approximate surface area is 123 Å². The van der Waals surface area contributed by atoms with E-state index in [1.807, 2.05) is 11.9 Å². The lowest BCUT2D eigenvalue weighted by molar-refractivity contribution is 0.192. The van der Waals surface area contributed by atoms with Crippen LogP contribution >= 0.6 is 11.6 Å². The first-order chi connectivity index (χ1) is 9.32. The van der Waals surface area contributed by atoms with Crippen LogP contribution in [0.5, 0.6) is 0 Å². The summed E-state index contributed by atoms with van der Waals surface area (Å²) < 4.78 is 36.6. The third kappa shape index (κ3) is 3.49. The van der Waals surface area contributed by atoms with Gasteiger partial charge < -0.3 is 5.73 Å². The van der Waals surface area contributed by atoms with Crippen LogP contribution < -0.4 is 5.73 Å². The number of benzene rings is 1. The van der Waals surface area contributed by atoms with Crippen molar-refractivity contribution >= 4 is 21.4 Å². The number of hydrogen-bond donors (Lipinski definition) is 1. The number of nitrogens with two attached hydrogens (primary N) is 1. The molecule has 0 amide bonds. The van der Waals surface area contributed by atoms with Crippen LogP contribution in [0.3, 0.4) is 0 Å². The van der Waals surface area contributed by atoms with Gasteiger partial charge in [0.2, 0.25) is 0 Å². The maximum atomic E-state index is 13.4. The van der Waals surface area contributed by atoms with Crippen molar-refractivity contribution in [3.63, 3.8) is 0 Å². The molecule has 20 heavy (non-hydrogen) atoms. The summed E-state index contributed by atoms with van der Waals surface area (Å²) in [5.74, 6) is -0.0925. The average Bonchev–Trinajstić information content (AvgIpc) is 2.69. The predicted octanol–water partition coefficient (Wildman–Crippen LogP) is 1.60. The molecule has 1 saturated heterocycles. The van der Waals surface area contributed by atoms with Gasteiger partial charge >= 0.3 is 0 Å². The van der Waals surface area contributed by atoms with E-state index < -0.39 is 15.7 Å². The fourth-order valence-electron chi connectivity index (χ4n) is 2.66. The topological polar surface area (TPSA) is 63.4 Å². The lowest BCUT2D eigenvalue weighted by Crippen LogP contribution is -2.39. The first-order valence-corrected chi connectivity index (χ1v) is 8.61. The number of halogens is 2. The number of likely N-dealkylation sites (N-methyl/N-ethyl adjacent to an activating group) is 1. The molecule has 0 bridgehead atoms. The van der Waals surface area contributed by atoms with Crippen LogP contribution in [0.1, 0.15) is 18.0 Å². The molecule has 1 heterocycles. The highest BCUT2D eigenvalue weighted by Gasteiger charge is 2.33. The lowest BCUT2D eigenvalue weighted by atomic mass is 10.0. The second-order valence-corrected chi connectivity index (χ2v) is 7.84. The van der Waals surface area contributed by atoms with Crippen LogP contribution in [0.15, 0.2) is 18.2 Å². The summed E-state index contributed by atoms with van der Waals surface area (Å²) in [5.41, 5.74) is 6.46. The molecule has 2 atom stereocenters. The molecular formula is C13H18ClFN2O2S. The molecule has 1 fully saturated rings. The van der Waals surface area contributed by atoms with Crippen molar-refractivity contribution in [1.29, 1.82) is 0 Å². The van der Waals surface area contributed by atoms with E-state index in [1.54, 1.807) is 6.07 Å². The Kier molecular flexibility index (Phi) is 4.69. The van der Waals surface area contributed by atoms with Crippen molar-refractivity contribution in [3.8, 4) is 0 Å². The van der Waals surface area contributed by atoms with Gasteiger partial charge in [-0.3, -0.25) is 4.90 Å². The molecule has 0 radical (unpaired) electrons. The van der Waals surface area contributed by atoms with E-state index in [-0.39, 0.29) is 30.1 Å². The van der Waals surface area contributed by atoms with E-state index in [1.165, 1.54) is 12.1 Å². The molecule has 7 heteroatoms. The smallest absolute Gasteiger partial charge is 0.151 e. The Bertz CT molecular complexity index is 574. The minimum atomic E-state index is -2.96. The minimum Gasteiger partial charge on any atom is -0.329 e. The zero-order chi connectivity index (χ0) is 14.9. The molecule has 1 aliphatic rings. The minimum absolute atomic E-state index is 0.0874. The Morgan fingerprint density at radius 2 is 2.20 bits per heavy atom. The Morgan fingerprint density at radius 3 is 2.70 bits per heavy atom. The van der Waals surface area contributed by atoms with Gasteiger partial charge in [0.05, 0.1) is 11.5 Å². The standard InChI is InChI=1S/C13H18ClFN2O2S/c1-17(12-2-3-20(18,19)8-12)13(7-16)9-4-10(14)6-11(15)5-9/h4-6,12-13H,2-3,7-8,16H2,1H3. The van der Waals surface area contributed by atoms with Crippen molar-refractivity contribution in [2.45, 2.75) is 18.5 Å². The summed E-state index contributed by atoms with van der Waals surface area (Å²) in [6.45, 7) is 0.271. The molecule has 2 unspecified atom stereocenters. The van der Waals surface area contributed by atoms with E-state index in [4.69, 9.17) is 17.3 Å². The maximum absolute atomic E-state index is 13.4. The SMILES string of the molecule is CN(C1CCS(=O)(=O)C1)C(CN)c1cc(F)cc(Cl)c1. The van der Waals surface area contributed by atoms with Crippen molar-refractivity contribution in [3.05, 3.63) is 34.6 Å².